The fraction of sp³-hybridized carbons (Fsp3) is 0.263. The van der Waals surface area contributed by atoms with Crippen molar-refractivity contribution in [1.82, 2.24) is 20.2 Å². The number of aromatic nitrogens is 2. The lowest BCUT2D eigenvalue weighted by Gasteiger charge is -2.17. The summed E-state index contributed by atoms with van der Waals surface area (Å²) in [4.78, 5) is 21.2. The van der Waals surface area contributed by atoms with Gasteiger partial charge in [-0.1, -0.05) is 12.1 Å². The minimum Gasteiger partial charge on any atom is -0.496 e. The number of amides is 2. The molecule has 1 aromatic carbocycles. The SMILES string of the molecule is COc1cccc2[nH]cc(CCNC(=O)N(C)Cc3cccnc3)c12. The molecule has 0 radical (unpaired) electrons. The quantitative estimate of drug-likeness (QED) is 0.726. The van der Waals surface area contributed by atoms with E-state index in [1.165, 1.54) is 0 Å². The molecular formula is C19H22N4O2. The molecule has 2 aromatic heterocycles. The van der Waals surface area contributed by atoms with Crippen LogP contribution in [0.15, 0.2) is 48.9 Å². The van der Waals surface area contributed by atoms with E-state index < -0.39 is 0 Å². The highest BCUT2D eigenvalue weighted by Crippen LogP contribution is 2.28. The molecule has 0 atom stereocenters. The molecule has 0 saturated carbocycles. The summed E-state index contributed by atoms with van der Waals surface area (Å²) in [6.45, 7) is 1.09. The standard InChI is InChI=1S/C19H22N4O2/c1-23(13-14-5-4-9-20-11-14)19(24)21-10-8-15-12-22-16-6-3-7-17(25-2)18(15)16/h3-7,9,11-12,22H,8,10,13H2,1-2H3,(H,21,24). The van der Waals surface area contributed by atoms with Crippen molar-refractivity contribution in [2.24, 2.45) is 0 Å². The number of urea groups is 1. The molecule has 0 unspecified atom stereocenters. The molecule has 2 N–H and O–H groups in total. The van der Waals surface area contributed by atoms with Gasteiger partial charge in [0.25, 0.3) is 0 Å². The zero-order valence-electron chi connectivity index (χ0n) is 14.5. The molecule has 0 saturated heterocycles. The Balaban J connectivity index is 1.57. The second-order valence-corrected chi connectivity index (χ2v) is 5.90. The average molecular weight is 338 g/mol. The van der Waals surface area contributed by atoms with Crippen LogP contribution in [0.2, 0.25) is 0 Å². The monoisotopic (exact) mass is 338 g/mol. The number of methoxy groups -OCH3 is 1. The number of carbonyl (C=O) groups excluding carboxylic acids is 1. The highest BCUT2D eigenvalue weighted by molar-refractivity contribution is 5.89. The van der Waals surface area contributed by atoms with Crippen molar-refractivity contribution in [2.75, 3.05) is 20.7 Å². The van der Waals surface area contributed by atoms with Crippen LogP contribution in [0, 0.1) is 0 Å². The Labute approximate surface area is 146 Å². The first-order chi connectivity index (χ1) is 12.2. The van der Waals surface area contributed by atoms with Gasteiger partial charge in [-0.3, -0.25) is 4.98 Å². The van der Waals surface area contributed by atoms with Crippen molar-refractivity contribution in [2.45, 2.75) is 13.0 Å². The molecule has 0 aliphatic carbocycles. The number of carbonyl (C=O) groups is 1. The van der Waals surface area contributed by atoms with Gasteiger partial charge >= 0.3 is 6.03 Å². The maximum Gasteiger partial charge on any atom is 0.317 e. The van der Waals surface area contributed by atoms with Gasteiger partial charge in [0.1, 0.15) is 5.75 Å². The number of hydrogen-bond acceptors (Lipinski definition) is 3. The molecule has 0 aliphatic heterocycles. The van der Waals surface area contributed by atoms with Crippen molar-refractivity contribution < 1.29 is 9.53 Å². The number of nitrogens with zero attached hydrogens (tertiary/aromatic N) is 2. The van der Waals surface area contributed by atoms with Crippen molar-refractivity contribution in [3.05, 3.63) is 60.0 Å². The van der Waals surface area contributed by atoms with Crippen LogP contribution in [0.5, 0.6) is 5.75 Å². The van der Waals surface area contributed by atoms with Gasteiger partial charge < -0.3 is 19.9 Å². The molecule has 0 aliphatic rings. The molecule has 2 heterocycles. The highest BCUT2D eigenvalue weighted by Gasteiger charge is 2.11. The van der Waals surface area contributed by atoms with Crippen LogP contribution in [0.25, 0.3) is 10.9 Å². The second-order valence-electron chi connectivity index (χ2n) is 5.90. The summed E-state index contributed by atoms with van der Waals surface area (Å²) in [5.41, 5.74) is 3.17. The van der Waals surface area contributed by atoms with Gasteiger partial charge in [-0.15, -0.1) is 0 Å². The number of pyridine rings is 1. The lowest BCUT2D eigenvalue weighted by Crippen LogP contribution is -2.37. The van der Waals surface area contributed by atoms with Crippen LogP contribution in [0.3, 0.4) is 0 Å². The molecule has 6 nitrogen and oxygen atoms in total. The Morgan fingerprint density at radius 3 is 2.96 bits per heavy atom. The summed E-state index contributed by atoms with van der Waals surface area (Å²) in [6, 6.07) is 9.63. The van der Waals surface area contributed by atoms with Gasteiger partial charge in [-0.25, -0.2) is 4.79 Å². The predicted molar refractivity (Wildman–Crippen MR) is 97.7 cm³/mol. The second kappa shape index (κ2) is 7.70. The number of nitrogens with one attached hydrogen (secondary N) is 2. The van der Waals surface area contributed by atoms with E-state index in [1.807, 2.05) is 36.5 Å². The van der Waals surface area contributed by atoms with Crippen LogP contribution >= 0.6 is 0 Å². The van der Waals surface area contributed by atoms with E-state index in [0.717, 1.165) is 34.2 Å². The van der Waals surface area contributed by atoms with Crippen LogP contribution in [-0.4, -0.2) is 41.6 Å². The van der Waals surface area contributed by atoms with Crippen molar-refractivity contribution >= 4 is 16.9 Å². The smallest absolute Gasteiger partial charge is 0.317 e. The minimum atomic E-state index is -0.101. The number of aromatic amines is 1. The zero-order chi connectivity index (χ0) is 17.6. The molecule has 3 aromatic rings. The van der Waals surface area contributed by atoms with Gasteiger partial charge in [0.2, 0.25) is 0 Å². The number of fused-ring (bicyclic) bond motifs is 1. The van der Waals surface area contributed by atoms with Gasteiger partial charge in [-0.2, -0.15) is 0 Å². The molecule has 3 rings (SSSR count). The molecule has 0 bridgehead atoms. The van der Waals surface area contributed by atoms with E-state index in [1.54, 1.807) is 31.5 Å². The zero-order valence-corrected chi connectivity index (χ0v) is 14.5. The molecule has 25 heavy (non-hydrogen) atoms. The minimum absolute atomic E-state index is 0.101. The third kappa shape index (κ3) is 3.91. The Hall–Kier alpha value is -3.02. The fourth-order valence-electron chi connectivity index (χ4n) is 2.86. The van der Waals surface area contributed by atoms with Crippen LogP contribution in [0.4, 0.5) is 4.79 Å². The Morgan fingerprint density at radius 1 is 1.32 bits per heavy atom. The molecule has 2 amide bonds. The largest absolute Gasteiger partial charge is 0.496 e. The van der Waals surface area contributed by atoms with Gasteiger partial charge in [-0.05, 0) is 35.7 Å². The Morgan fingerprint density at radius 2 is 2.20 bits per heavy atom. The Kier molecular flexibility index (Phi) is 5.18. The summed E-state index contributed by atoms with van der Waals surface area (Å²) in [7, 11) is 3.44. The number of benzene rings is 1. The van der Waals surface area contributed by atoms with E-state index >= 15 is 0 Å². The molecule has 130 valence electrons. The number of H-pyrrole nitrogens is 1. The van der Waals surface area contributed by atoms with Gasteiger partial charge in [0.15, 0.2) is 0 Å². The summed E-state index contributed by atoms with van der Waals surface area (Å²) in [5.74, 6) is 0.841. The summed E-state index contributed by atoms with van der Waals surface area (Å²) >= 11 is 0. The van der Waals surface area contributed by atoms with Gasteiger partial charge in [0.05, 0.1) is 7.11 Å². The van der Waals surface area contributed by atoms with Crippen molar-refractivity contribution in [1.29, 1.82) is 0 Å². The first-order valence-electron chi connectivity index (χ1n) is 8.20. The number of hydrogen-bond donors (Lipinski definition) is 2. The number of ether oxygens (including phenoxy) is 1. The predicted octanol–water partition coefficient (Wildman–Crippen LogP) is 2.96. The van der Waals surface area contributed by atoms with E-state index in [9.17, 15) is 4.79 Å². The lowest BCUT2D eigenvalue weighted by atomic mass is 10.1. The maximum atomic E-state index is 12.2. The maximum absolute atomic E-state index is 12.2. The highest BCUT2D eigenvalue weighted by atomic mass is 16.5. The normalized spacial score (nSPS) is 10.6. The average Bonchev–Trinajstić information content (AvgIpc) is 3.05. The summed E-state index contributed by atoms with van der Waals surface area (Å²) in [5, 5.41) is 4.03. The van der Waals surface area contributed by atoms with E-state index in [4.69, 9.17) is 4.74 Å². The third-order valence-electron chi connectivity index (χ3n) is 4.13. The number of rotatable bonds is 6. The van der Waals surface area contributed by atoms with Crippen molar-refractivity contribution in [3.63, 3.8) is 0 Å². The van der Waals surface area contributed by atoms with Crippen molar-refractivity contribution in [3.8, 4) is 5.75 Å². The first-order valence-corrected chi connectivity index (χ1v) is 8.20. The van der Waals surface area contributed by atoms with Crippen LogP contribution in [0.1, 0.15) is 11.1 Å². The molecule has 0 fully saturated rings. The first kappa shape index (κ1) is 16.8. The van der Waals surface area contributed by atoms with E-state index in [2.05, 4.69) is 15.3 Å². The van der Waals surface area contributed by atoms with E-state index in [-0.39, 0.29) is 6.03 Å². The topological polar surface area (TPSA) is 70.2 Å². The summed E-state index contributed by atoms with van der Waals surface area (Å²) in [6.07, 6.45) is 6.19. The molecular weight excluding hydrogens is 316 g/mol. The van der Waals surface area contributed by atoms with E-state index in [0.29, 0.717) is 13.1 Å². The lowest BCUT2D eigenvalue weighted by molar-refractivity contribution is 0.207. The fourth-order valence-corrected chi connectivity index (χ4v) is 2.86. The van der Waals surface area contributed by atoms with Gasteiger partial charge in [0, 0.05) is 49.6 Å². The third-order valence-corrected chi connectivity index (χ3v) is 4.13. The Bertz CT molecular complexity index is 845. The molecule has 0 spiro atoms. The van der Waals surface area contributed by atoms with Crippen LogP contribution in [-0.2, 0) is 13.0 Å². The van der Waals surface area contributed by atoms with Crippen LogP contribution < -0.4 is 10.1 Å². The summed E-state index contributed by atoms with van der Waals surface area (Å²) < 4.78 is 5.44. The molecule has 6 heteroatoms.